The molecule has 0 radical (unpaired) electrons. The van der Waals surface area contributed by atoms with Gasteiger partial charge in [-0.15, -0.1) is 0 Å². The lowest BCUT2D eigenvalue weighted by atomic mass is 9.62. The van der Waals surface area contributed by atoms with Crippen LogP contribution in [0.5, 0.6) is 0 Å². The average molecular weight is 1440 g/mol. The molecule has 4 nitrogen and oxygen atoms in total. The van der Waals surface area contributed by atoms with Crippen LogP contribution in [0.2, 0.25) is 0 Å². The van der Waals surface area contributed by atoms with Gasteiger partial charge in [-0.3, -0.25) is 0 Å². The molecule has 6 heteroatoms. The van der Waals surface area contributed by atoms with E-state index in [1.165, 1.54) is 141 Å². The molecule has 2 atom stereocenters. The molecule has 0 bridgehead atoms. The molecule has 23 rings (SSSR count). The van der Waals surface area contributed by atoms with Crippen molar-refractivity contribution < 1.29 is 0 Å². The first-order chi connectivity index (χ1) is 54.5. The number of anilines is 6. The second kappa shape index (κ2) is 24.6. The molecule has 2 unspecified atom stereocenters. The largest absolute Gasteiger partial charge is 0.310 e. The van der Waals surface area contributed by atoms with E-state index in [9.17, 15) is 0 Å². The Morgan fingerprint density at radius 2 is 0.491 bits per heavy atom. The summed E-state index contributed by atoms with van der Waals surface area (Å²) in [7, 11) is 0. The molecule has 0 N–H and O–H groups in total. The van der Waals surface area contributed by atoms with Gasteiger partial charge in [0.05, 0.1) is 44.3 Å². The molecule has 0 saturated carbocycles. The summed E-state index contributed by atoms with van der Waals surface area (Å²) < 4.78 is 5.06. The Hall–Kier alpha value is -13.4. The number of hydrogen-bond acceptors (Lipinski definition) is 4. The molecular formula is C104H66N4S2. The molecule has 514 valence electrons. The lowest BCUT2D eigenvalue weighted by Gasteiger charge is -2.45. The summed E-state index contributed by atoms with van der Waals surface area (Å²) in [6.45, 7) is 0. The highest BCUT2D eigenvalue weighted by atomic mass is 32.2. The van der Waals surface area contributed by atoms with Crippen molar-refractivity contribution in [2.45, 2.75) is 30.4 Å². The van der Waals surface area contributed by atoms with Crippen LogP contribution in [0.4, 0.5) is 34.1 Å². The van der Waals surface area contributed by atoms with Gasteiger partial charge in [0.15, 0.2) is 0 Å². The first-order valence-corrected chi connectivity index (χ1v) is 39.5. The summed E-state index contributed by atoms with van der Waals surface area (Å²) in [5.74, 6) is 0. The van der Waals surface area contributed by atoms with E-state index < -0.39 is 10.8 Å². The Morgan fingerprint density at radius 1 is 0.191 bits per heavy atom. The number of aromatic nitrogens is 2. The summed E-state index contributed by atoms with van der Waals surface area (Å²) in [5.41, 5.74) is 32.2. The fourth-order valence-corrected chi connectivity index (χ4v) is 21.5. The van der Waals surface area contributed by atoms with E-state index in [0.717, 1.165) is 56.4 Å². The van der Waals surface area contributed by atoms with Crippen molar-refractivity contribution in [3.05, 3.63) is 445 Å². The quantitative estimate of drug-likeness (QED) is 0.136. The molecule has 2 aromatic heterocycles. The molecule has 110 heavy (non-hydrogen) atoms. The predicted molar refractivity (Wildman–Crippen MR) is 458 cm³/mol. The third-order valence-electron chi connectivity index (χ3n) is 23.8. The first kappa shape index (κ1) is 62.8. The highest BCUT2D eigenvalue weighted by Crippen LogP contribution is 2.64. The van der Waals surface area contributed by atoms with Gasteiger partial charge in [-0.2, -0.15) is 0 Å². The zero-order valence-electron chi connectivity index (χ0n) is 59.7. The summed E-state index contributed by atoms with van der Waals surface area (Å²) >= 11 is 3.77. The minimum atomic E-state index is -0.641. The van der Waals surface area contributed by atoms with Gasteiger partial charge in [-0.05, 0) is 210 Å². The molecule has 19 aromatic rings. The average Bonchev–Trinajstić information content (AvgIpc) is 1.32. The second-order valence-electron chi connectivity index (χ2n) is 29.4. The van der Waals surface area contributed by atoms with Crippen LogP contribution in [-0.2, 0) is 10.8 Å². The van der Waals surface area contributed by atoms with Gasteiger partial charge >= 0.3 is 0 Å². The van der Waals surface area contributed by atoms with Crippen molar-refractivity contribution in [2.24, 2.45) is 0 Å². The fraction of sp³-hybridized carbons (Fsp3) is 0.0192. The Balaban J connectivity index is 0.631. The highest BCUT2D eigenvalue weighted by molar-refractivity contribution is 7.99. The third-order valence-corrected chi connectivity index (χ3v) is 26.1. The normalized spacial score (nSPS) is 15.3. The van der Waals surface area contributed by atoms with Crippen molar-refractivity contribution in [1.29, 1.82) is 0 Å². The van der Waals surface area contributed by atoms with Crippen LogP contribution in [0, 0.1) is 0 Å². The van der Waals surface area contributed by atoms with Crippen LogP contribution in [0.3, 0.4) is 0 Å². The van der Waals surface area contributed by atoms with E-state index in [2.05, 4.69) is 419 Å². The van der Waals surface area contributed by atoms with Crippen molar-refractivity contribution in [2.75, 3.05) is 9.80 Å². The van der Waals surface area contributed by atoms with E-state index >= 15 is 0 Å². The zero-order chi connectivity index (χ0) is 72.2. The number of rotatable bonds is 10. The van der Waals surface area contributed by atoms with Crippen molar-refractivity contribution in [3.63, 3.8) is 0 Å². The van der Waals surface area contributed by atoms with Gasteiger partial charge in [0.1, 0.15) is 0 Å². The molecule has 6 heterocycles. The standard InChI is InChI=1S/C104H66N4S2/c1-3-22-67(23-4-1)70-48-54-75(55-49-70)105(79-60-62-99-91(65-79)103(87-34-11-17-42-97(87)109-99)85-32-9-15-40-95(85)107-93-38-13-7-28-81(93)83-30-20-36-89(103)101(83)107)76-56-52-72(53-57-76)69-44-46-73(47-45-69)74-26-19-27-78(64-74)106(77-58-50-71(51-59-77)68-24-5-2-6-25-68)80-61-63-100-92(66-80)104(88-35-12-18-43-98(88)110-100)86-33-10-16-41-96(86)108-94-39-14-8-29-82(94)84-31-21-37-90(104)102(84)108/h1-66H. The van der Waals surface area contributed by atoms with Crippen LogP contribution < -0.4 is 9.80 Å². The van der Waals surface area contributed by atoms with Gasteiger partial charge in [-0.25, -0.2) is 0 Å². The monoisotopic (exact) mass is 1430 g/mol. The number of benzene rings is 17. The van der Waals surface area contributed by atoms with E-state index in [4.69, 9.17) is 0 Å². The molecule has 4 aliphatic heterocycles. The lowest BCUT2D eigenvalue weighted by Crippen LogP contribution is -2.37. The Labute approximate surface area is 646 Å². The summed E-state index contributed by atoms with van der Waals surface area (Å²) in [6.07, 6.45) is 0. The van der Waals surface area contributed by atoms with Crippen LogP contribution in [0.1, 0.15) is 44.5 Å². The summed E-state index contributed by atoms with van der Waals surface area (Å²) in [6, 6.07) is 150. The second-order valence-corrected chi connectivity index (χ2v) is 31.5. The number of hydrogen-bond donors (Lipinski definition) is 0. The van der Waals surface area contributed by atoms with Gasteiger partial charge in [-0.1, -0.05) is 303 Å². The minimum absolute atomic E-state index is 0.633. The van der Waals surface area contributed by atoms with Gasteiger partial charge < -0.3 is 18.9 Å². The molecule has 0 saturated heterocycles. The van der Waals surface area contributed by atoms with Crippen molar-refractivity contribution in [3.8, 4) is 55.9 Å². The van der Waals surface area contributed by atoms with E-state index in [1.807, 2.05) is 23.5 Å². The topological polar surface area (TPSA) is 16.3 Å². The van der Waals surface area contributed by atoms with Crippen LogP contribution in [-0.4, -0.2) is 9.13 Å². The summed E-state index contributed by atoms with van der Waals surface area (Å²) in [4.78, 5) is 9.98. The van der Waals surface area contributed by atoms with Crippen molar-refractivity contribution in [1.82, 2.24) is 9.13 Å². The summed E-state index contributed by atoms with van der Waals surface area (Å²) in [5, 5.41) is 5.07. The molecular weight excluding hydrogens is 1370 g/mol. The number of para-hydroxylation sites is 6. The van der Waals surface area contributed by atoms with E-state index in [0.29, 0.717) is 0 Å². The maximum Gasteiger partial charge on any atom is 0.0765 e. The van der Waals surface area contributed by atoms with Crippen LogP contribution >= 0.6 is 23.5 Å². The van der Waals surface area contributed by atoms with Crippen LogP contribution in [0.15, 0.2) is 420 Å². The highest BCUT2D eigenvalue weighted by Gasteiger charge is 2.52. The molecule has 4 aliphatic rings. The maximum atomic E-state index is 2.53. The smallest absolute Gasteiger partial charge is 0.0765 e. The first-order valence-electron chi connectivity index (χ1n) is 37.9. The lowest BCUT2D eigenvalue weighted by molar-refractivity contribution is 0.689. The van der Waals surface area contributed by atoms with E-state index in [-0.39, 0.29) is 0 Å². The van der Waals surface area contributed by atoms with E-state index in [1.54, 1.807) is 0 Å². The fourth-order valence-electron chi connectivity index (χ4n) is 19.1. The molecule has 2 spiro atoms. The Morgan fingerprint density at radius 3 is 0.945 bits per heavy atom. The molecule has 0 aliphatic carbocycles. The molecule has 0 fully saturated rings. The predicted octanol–water partition coefficient (Wildman–Crippen LogP) is 27.8. The van der Waals surface area contributed by atoms with Gasteiger partial charge in [0.2, 0.25) is 0 Å². The van der Waals surface area contributed by atoms with Crippen LogP contribution in [0.25, 0.3) is 99.5 Å². The number of fused-ring (bicyclic) bond motifs is 22. The minimum Gasteiger partial charge on any atom is -0.310 e. The Kier molecular flexibility index (Phi) is 14.0. The Bertz CT molecular complexity index is 6960. The number of nitrogens with zero attached hydrogens (tertiary/aromatic N) is 4. The third kappa shape index (κ3) is 9.18. The zero-order valence-corrected chi connectivity index (χ0v) is 61.3. The van der Waals surface area contributed by atoms with Gasteiger partial charge in [0, 0.05) is 75.3 Å². The van der Waals surface area contributed by atoms with Gasteiger partial charge in [0.25, 0.3) is 0 Å². The SMILES string of the molecule is c1ccc(-c2ccc(N(c3ccc(-c4ccc(-c5cccc(N(c6ccc(-c7ccccc7)cc6)c6ccc7c(c6)C6(c8ccccc8S7)c7ccccc7-n7c8ccccc8c8cccc6c87)c5)cc4)cc3)c3ccc4c(c3)C3(c5ccccc5S4)c4ccccc4-n4c5ccccc5c5cccc3c54)cc2)cc1. The molecule has 17 aromatic carbocycles. The molecule has 0 amide bonds. The van der Waals surface area contributed by atoms with Crippen molar-refractivity contribution >= 4 is 101 Å². The maximum absolute atomic E-state index is 2.53.